The van der Waals surface area contributed by atoms with Gasteiger partial charge in [0.1, 0.15) is 5.75 Å². The lowest BCUT2D eigenvalue weighted by atomic mass is 10.0. The van der Waals surface area contributed by atoms with Gasteiger partial charge in [-0.25, -0.2) is 5.01 Å². The van der Waals surface area contributed by atoms with Crippen molar-refractivity contribution in [3.8, 4) is 5.75 Å². The number of fused-ring (bicyclic) bond motifs is 1. The number of rotatable bonds is 8. The number of thioether (sulfide) groups is 1. The highest BCUT2D eigenvalue weighted by Crippen LogP contribution is 2.36. The third kappa shape index (κ3) is 4.99. The average molecular weight is 538 g/mol. The number of hydrogen-bond acceptors (Lipinski definition) is 5. The number of nitrogens with zero attached hydrogens (tertiary/aromatic N) is 3. The Morgan fingerprint density at radius 1 is 1.00 bits per heavy atom. The summed E-state index contributed by atoms with van der Waals surface area (Å²) in [5.74, 6) is 1.11. The summed E-state index contributed by atoms with van der Waals surface area (Å²) in [6, 6.07) is 30.7. The zero-order chi connectivity index (χ0) is 25.9. The number of para-hydroxylation sites is 1. The SMILES string of the molecule is COc1ccc(C2CC(c3cccs3)=NN2C(=O)CSc2cn(Cc3ccccc3)c3ccccc23)cc1. The zero-order valence-corrected chi connectivity index (χ0v) is 22.6. The van der Waals surface area contributed by atoms with Crippen molar-refractivity contribution in [3.63, 3.8) is 0 Å². The highest BCUT2D eigenvalue weighted by molar-refractivity contribution is 8.00. The van der Waals surface area contributed by atoms with E-state index in [-0.39, 0.29) is 11.9 Å². The van der Waals surface area contributed by atoms with Crippen LogP contribution in [0.15, 0.2) is 113 Å². The number of methoxy groups -OCH3 is 1. The fraction of sp³-hybridized carbons (Fsp3) is 0.161. The minimum atomic E-state index is -0.134. The van der Waals surface area contributed by atoms with Crippen LogP contribution in [0.3, 0.4) is 0 Å². The van der Waals surface area contributed by atoms with Crippen molar-refractivity contribution in [2.24, 2.45) is 5.10 Å². The molecule has 38 heavy (non-hydrogen) atoms. The molecule has 1 aliphatic heterocycles. The Kier molecular flexibility index (Phi) is 7.03. The molecule has 1 unspecified atom stereocenters. The maximum absolute atomic E-state index is 13.6. The van der Waals surface area contributed by atoms with Gasteiger partial charge in [-0.3, -0.25) is 4.79 Å². The summed E-state index contributed by atoms with van der Waals surface area (Å²) in [6.07, 6.45) is 2.86. The van der Waals surface area contributed by atoms with E-state index in [9.17, 15) is 4.79 Å². The number of ether oxygens (including phenoxy) is 1. The number of carbonyl (C=O) groups is 1. The summed E-state index contributed by atoms with van der Waals surface area (Å²) in [5.41, 5.74) is 4.43. The summed E-state index contributed by atoms with van der Waals surface area (Å²) in [4.78, 5) is 15.9. The molecular weight excluding hydrogens is 510 g/mol. The van der Waals surface area contributed by atoms with Gasteiger partial charge in [-0.05, 0) is 40.8 Å². The number of amides is 1. The molecule has 2 aromatic heterocycles. The van der Waals surface area contributed by atoms with Crippen LogP contribution in [0.25, 0.3) is 10.9 Å². The first-order chi connectivity index (χ1) is 18.7. The molecule has 0 N–H and O–H groups in total. The van der Waals surface area contributed by atoms with Crippen LogP contribution in [0.1, 0.15) is 28.5 Å². The lowest BCUT2D eigenvalue weighted by Crippen LogP contribution is -2.28. The predicted molar refractivity (Wildman–Crippen MR) is 156 cm³/mol. The quantitative estimate of drug-likeness (QED) is 0.196. The van der Waals surface area contributed by atoms with E-state index in [2.05, 4.69) is 65.4 Å². The lowest BCUT2D eigenvalue weighted by Gasteiger charge is -2.22. The van der Waals surface area contributed by atoms with E-state index in [0.29, 0.717) is 12.2 Å². The third-order valence-corrected chi connectivity index (χ3v) is 8.72. The first-order valence-corrected chi connectivity index (χ1v) is 14.4. The molecule has 190 valence electrons. The second-order valence-electron chi connectivity index (χ2n) is 9.17. The van der Waals surface area contributed by atoms with Crippen molar-refractivity contribution < 1.29 is 9.53 Å². The molecule has 0 saturated carbocycles. The maximum Gasteiger partial charge on any atom is 0.253 e. The van der Waals surface area contributed by atoms with Crippen molar-refractivity contribution >= 4 is 45.6 Å². The highest BCUT2D eigenvalue weighted by Gasteiger charge is 2.33. The minimum absolute atomic E-state index is 0.00210. The number of aromatic nitrogens is 1. The van der Waals surface area contributed by atoms with Gasteiger partial charge in [0.15, 0.2) is 0 Å². The molecule has 6 rings (SSSR count). The largest absolute Gasteiger partial charge is 0.497 e. The Morgan fingerprint density at radius 2 is 1.79 bits per heavy atom. The van der Waals surface area contributed by atoms with E-state index in [1.807, 2.05) is 41.8 Å². The Hall–Kier alpha value is -3.81. The highest BCUT2D eigenvalue weighted by atomic mass is 32.2. The number of hydrogen-bond donors (Lipinski definition) is 0. The zero-order valence-electron chi connectivity index (χ0n) is 21.0. The molecule has 0 saturated heterocycles. The second kappa shape index (κ2) is 10.9. The Labute approximate surface area is 230 Å². The Balaban J connectivity index is 1.25. The number of benzene rings is 3. The molecule has 0 fully saturated rings. The van der Waals surface area contributed by atoms with Crippen LogP contribution in [-0.4, -0.2) is 34.1 Å². The third-order valence-electron chi connectivity index (χ3n) is 6.77. The van der Waals surface area contributed by atoms with Gasteiger partial charge >= 0.3 is 0 Å². The number of thiophene rings is 1. The van der Waals surface area contributed by atoms with Gasteiger partial charge in [0.25, 0.3) is 5.91 Å². The van der Waals surface area contributed by atoms with Gasteiger partial charge in [0.2, 0.25) is 0 Å². The second-order valence-corrected chi connectivity index (χ2v) is 11.1. The molecule has 1 amide bonds. The molecule has 5 aromatic rings. The van der Waals surface area contributed by atoms with Crippen LogP contribution >= 0.6 is 23.1 Å². The first-order valence-electron chi connectivity index (χ1n) is 12.5. The molecular formula is C31H27N3O2S2. The van der Waals surface area contributed by atoms with Gasteiger partial charge in [-0.2, -0.15) is 5.10 Å². The molecule has 1 atom stereocenters. The molecule has 0 bridgehead atoms. The molecule has 0 radical (unpaired) electrons. The summed E-state index contributed by atoms with van der Waals surface area (Å²) in [6.45, 7) is 0.788. The van der Waals surface area contributed by atoms with Crippen LogP contribution in [0.5, 0.6) is 5.75 Å². The van der Waals surface area contributed by atoms with Gasteiger partial charge in [-0.1, -0.05) is 66.7 Å². The Bertz CT molecular complexity index is 1580. The van der Waals surface area contributed by atoms with Gasteiger partial charge in [0, 0.05) is 35.0 Å². The predicted octanol–water partition coefficient (Wildman–Crippen LogP) is 7.23. The fourth-order valence-electron chi connectivity index (χ4n) is 4.86. The van der Waals surface area contributed by atoms with Crippen LogP contribution in [0, 0.1) is 0 Å². The van der Waals surface area contributed by atoms with Gasteiger partial charge in [0.05, 0.1) is 29.5 Å². The summed E-state index contributed by atoms with van der Waals surface area (Å²) in [5, 5.41) is 9.73. The van der Waals surface area contributed by atoms with Crippen molar-refractivity contribution in [1.82, 2.24) is 9.58 Å². The molecule has 1 aliphatic rings. The van der Waals surface area contributed by atoms with Crippen LogP contribution in [-0.2, 0) is 11.3 Å². The fourth-order valence-corrected chi connectivity index (χ4v) is 6.52. The monoisotopic (exact) mass is 537 g/mol. The van der Waals surface area contributed by atoms with E-state index in [4.69, 9.17) is 9.84 Å². The van der Waals surface area contributed by atoms with Crippen molar-refractivity contribution in [1.29, 1.82) is 0 Å². The van der Waals surface area contributed by atoms with E-state index >= 15 is 0 Å². The van der Waals surface area contributed by atoms with Crippen LogP contribution in [0.4, 0.5) is 0 Å². The molecule has 3 aromatic carbocycles. The number of carbonyl (C=O) groups excluding carboxylic acids is 1. The van der Waals surface area contributed by atoms with E-state index in [1.165, 1.54) is 11.1 Å². The van der Waals surface area contributed by atoms with Gasteiger partial charge < -0.3 is 9.30 Å². The van der Waals surface area contributed by atoms with Crippen LogP contribution < -0.4 is 4.74 Å². The summed E-state index contributed by atoms with van der Waals surface area (Å²) in [7, 11) is 1.66. The summed E-state index contributed by atoms with van der Waals surface area (Å²) < 4.78 is 7.60. The smallest absolute Gasteiger partial charge is 0.253 e. The molecule has 3 heterocycles. The van der Waals surface area contributed by atoms with Crippen molar-refractivity contribution in [3.05, 3.63) is 119 Å². The standard InChI is InChI=1S/C31H27N3O2S2/c1-36-24-15-13-23(14-16-24)28-18-26(29-12-7-17-37-29)32-34(28)31(35)21-38-30-20-33(19-22-8-3-2-4-9-22)27-11-6-5-10-25(27)30/h2-17,20,28H,18-19,21H2,1H3. The maximum atomic E-state index is 13.6. The van der Waals surface area contributed by atoms with Crippen molar-refractivity contribution in [2.45, 2.75) is 23.9 Å². The Morgan fingerprint density at radius 3 is 2.55 bits per heavy atom. The molecule has 5 nitrogen and oxygen atoms in total. The van der Waals surface area contributed by atoms with Crippen LogP contribution in [0.2, 0.25) is 0 Å². The molecule has 7 heteroatoms. The summed E-state index contributed by atoms with van der Waals surface area (Å²) >= 11 is 3.24. The topological polar surface area (TPSA) is 46.8 Å². The van der Waals surface area contributed by atoms with Gasteiger partial charge in [-0.15, -0.1) is 23.1 Å². The first kappa shape index (κ1) is 24.5. The van der Waals surface area contributed by atoms with E-state index < -0.39 is 0 Å². The molecule has 0 aliphatic carbocycles. The van der Waals surface area contributed by atoms with E-state index in [0.717, 1.165) is 38.7 Å². The lowest BCUT2D eigenvalue weighted by molar-refractivity contribution is -0.130. The van der Waals surface area contributed by atoms with E-state index in [1.54, 1.807) is 35.2 Å². The normalized spacial score (nSPS) is 15.1. The minimum Gasteiger partial charge on any atom is -0.497 e. The van der Waals surface area contributed by atoms with Crippen molar-refractivity contribution in [2.75, 3.05) is 12.9 Å². The molecule has 0 spiro atoms. The number of hydrazone groups is 1. The average Bonchev–Trinajstić information content (AvgIpc) is 3.72.